The average Bonchev–Trinajstić information content (AvgIpc) is 2.10. The Morgan fingerprint density at radius 2 is 1.31 bits per heavy atom. The van der Waals surface area contributed by atoms with Crippen molar-refractivity contribution >= 4 is 19.2 Å². The van der Waals surface area contributed by atoms with E-state index in [4.69, 9.17) is 0 Å². The third-order valence-electron chi connectivity index (χ3n) is 3.71. The molecule has 0 aromatic rings. The van der Waals surface area contributed by atoms with E-state index in [1.54, 1.807) is 0 Å². The highest BCUT2D eigenvalue weighted by Gasteiger charge is 2.55. The summed E-state index contributed by atoms with van der Waals surface area (Å²) in [4.78, 5) is 15.0. The first-order valence-electron chi connectivity index (χ1n) is 5.96. The lowest BCUT2D eigenvalue weighted by Gasteiger charge is -2.37. The zero-order valence-corrected chi connectivity index (χ0v) is 12.5. The van der Waals surface area contributed by atoms with Gasteiger partial charge in [-0.25, -0.2) is 0 Å². The van der Waals surface area contributed by atoms with Gasteiger partial charge in [-0.3, -0.25) is 4.79 Å². The van der Waals surface area contributed by atoms with Crippen LogP contribution in [0.5, 0.6) is 0 Å². The normalized spacial score (nSPS) is 12.1. The molecule has 3 nitrogen and oxygen atoms in total. The van der Waals surface area contributed by atoms with Gasteiger partial charge in [-0.1, -0.05) is 41.5 Å². The first-order valence-corrected chi connectivity index (χ1v) is 8.19. The molecule has 0 aromatic heterocycles. The van der Waals surface area contributed by atoms with Crippen molar-refractivity contribution in [1.82, 2.24) is 0 Å². The van der Waals surface area contributed by atoms with Crippen LogP contribution in [0.15, 0.2) is 0 Å². The van der Waals surface area contributed by atoms with Gasteiger partial charge in [0.15, 0.2) is 0 Å². The molecular weight excluding hydrogens is 216 g/mol. The standard InChI is InChI=1S/C12H24N2OSi/c1-8(2)16(9(3)4,10(5)6)12(14-13)11(7)15/h8-10H,1-7H3. The Morgan fingerprint density at radius 1 is 1.00 bits per heavy atom. The number of ketones is 1. The predicted octanol–water partition coefficient (Wildman–Crippen LogP) is 3.46. The van der Waals surface area contributed by atoms with E-state index >= 15 is 0 Å². The lowest BCUT2D eigenvalue weighted by atomic mass is 10.5. The van der Waals surface area contributed by atoms with Gasteiger partial charge in [0.1, 0.15) is 0 Å². The fourth-order valence-corrected chi connectivity index (χ4v) is 9.71. The van der Waals surface area contributed by atoms with Gasteiger partial charge in [0, 0.05) is 6.92 Å². The van der Waals surface area contributed by atoms with Crippen molar-refractivity contribution in [3.63, 3.8) is 0 Å². The summed E-state index contributed by atoms with van der Waals surface area (Å²) >= 11 is 0. The van der Waals surface area contributed by atoms with E-state index < -0.39 is 8.07 Å². The summed E-state index contributed by atoms with van der Waals surface area (Å²) in [6.07, 6.45) is 0. The molecular formula is C12H24N2OSi. The summed E-state index contributed by atoms with van der Waals surface area (Å²) in [6.45, 7) is 14.3. The summed E-state index contributed by atoms with van der Waals surface area (Å²) in [5, 5.41) is 0.451. The average molecular weight is 240 g/mol. The monoisotopic (exact) mass is 240 g/mol. The van der Waals surface area contributed by atoms with Crippen LogP contribution in [0.3, 0.4) is 0 Å². The number of rotatable bonds is 5. The van der Waals surface area contributed by atoms with Gasteiger partial charge in [0.2, 0.25) is 13.9 Å². The summed E-state index contributed by atoms with van der Waals surface area (Å²) in [5.74, 6) is -0.0785. The van der Waals surface area contributed by atoms with Gasteiger partial charge in [0.25, 0.3) is 0 Å². The van der Waals surface area contributed by atoms with Crippen molar-refractivity contribution in [2.24, 2.45) is 0 Å². The van der Waals surface area contributed by atoms with Gasteiger partial charge in [0.05, 0.1) is 0 Å². The van der Waals surface area contributed by atoms with Crippen LogP contribution in [-0.2, 0) is 4.79 Å². The number of nitrogens with zero attached hydrogens (tertiary/aromatic N) is 2. The maximum atomic E-state index is 11.7. The molecule has 0 fully saturated rings. The molecule has 0 saturated carbocycles. The maximum Gasteiger partial charge on any atom is 0.301 e. The zero-order valence-electron chi connectivity index (χ0n) is 11.5. The molecule has 0 aliphatic heterocycles. The van der Waals surface area contributed by atoms with E-state index in [0.717, 1.165) is 0 Å². The van der Waals surface area contributed by atoms with Gasteiger partial charge in [-0.15, -0.1) is 0 Å². The highest BCUT2D eigenvalue weighted by Crippen LogP contribution is 2.42. The van der Waals surface area contributed by atoms with Crippen LogP contribution < -0.4 is 0 Å². The van der Waals surface area contributed by atoms with Gasteiger partial charge < -0.3 is 5.53 Å². The maximum absolute atomic E-state index is 11.7. The second-order valence-electron chi connectivity index (χ2n) is 5.40. The van der Waals surface area contributed by atoms with E-state index in [9.17, 15) is 10.3 Å². The number of hydrogen-bond donors (Lipinski definition) is 0. The molecule has 0 aromatic carbocycles. The topological polar surface area (TPSA) is 53.5 Å². The lowest BCUT2D eigenvalue weighted by molar-refractivity contribution is -0.114. The zero-order chi connectivity index (χ0) is 13.1. The third kappa shape index (κ3) is 2.33. The predicted molar refractivity (Wildman–Crippen MR) is 70.4 cm³/mol. The van der Waals surface area contributed by atoms with Crippen molar-refractivity contribution in [3.05, 3.63) is 5.53 Å². The molecule has 0 aliphatic carbocycles. The minimum Gasteiger partial charge on any atom is -0.362 e. The first kappa shape index (κ1) is 15.3. The van der Waals surface area contributed by atoms with Crippen molar-refractivity contribution < 1.29 is 9.58 Å². The lowest BCUT2D eigenvalue weighted by Crippen LogP contribution is -2.55. The fourth-order valence-electron chi connectivity index (χ4n) is 3.28. The van der Waals surface area contributed by atoms with Crippen molar-refractivity contribution in [2.75, 3.05) is 0 Å². The minimum atomic E-state index is -2.07. The second-order valence-corrected chi connectivity index (χ2v) is 11.2. The summed E-state index contributed by atoms with van der Waals surface area (Å²) in [7, 11) is -2.07. The fraction of sp³-hybridized carbons (Fsp3) is 0.833. The first-order chi connectivity index (χ1) is 7.22. The number of Topliss-reactive ketones (excluding diaryl/α,β-unsaturated/α-hetero) is 1. The van der Waals surface area contributed by atoms with Crippen LogP contribution in [0.2, 0.25) is 16.6 Å². The third-order valence-corrected chi connectivity index (χ3v) is 10.7. The second kappa shape index (κ2) is 5.55. The van der Waals surface area contributed by atoms with Crippen LogP contribution in [0.4, 0.5) is 0 Å². The Bertz CT molecular complexity index is 293. The van der Waals surface area contributed by atoms with E-state index in [0.29, 0.717) is 22.0 Å². The Morgan fingerprint density at radius 3 is 1.38 bits per heavy atom. The Hall–Kier alpha value is -0.733. The van der Waals surface area contributed by atoms with E-state index in [-0.39, 0.29) is 5.78 Å². The molecule has 4 heteroatoms. The van der Waals surface area contributed by atoms with Gasteiger partial charge in [-0.2, -0.15) is 4.79 Å². The van der Waals surface area contributed by atoms with Crippen molar-refractivity contribution in [3.8, 4) is 0 Å². The van der Waals surface area contributed by atoms with Gasteiger partial charge in [-0.05, 0) is 16.6 Å². The molecule has 92 valence electrons. The molecule has 0 radical (unpaired) electrons. The van der Waals surface area contributed by atoms with E-state index in [1.165, 1.54) is 6.92 Å². The molecule has 0 aliphatic rings. The number of carbonyl (C=O) groups is 1. The molecule has 0 rings (SSSR count). The number of hydrogen-bond acceptors (Lipinski definition) is 1. The molecule has 0 saturated heterocycles. The quantitative estimate of drug-likeness (QED) is 0.314. The molecule has 0 bridgehead atoms. The molecule has 0 heterocycles. The van der Waals surface area contributed by atoms with E-state index in [2.05, 4.69) is 46.3 Å². The minimum absolute atomic E-state index is 0.0785. The summed E-state index contributed by atoms with van der Waals surface area (Å²) in [6, 6.07) is 0. The largest absolute Gasteiger partial charge is 0.362 e. The van der Waals surface area contributed by atoms with Crippen LogP contribution >= 0.6 is 0 Å². The SMILES string of the molecule is CC(=O)C(=[N+]=[N-])[Si](C(C)C)(C(C)C)C(C)C. The smallest absolute Gasteiger partial charge is 0.301 e. The van der Waals surface area contributed by atoms with Gasteiger partial charge >= 0.3 is 5.33 Å². The molecule has 16 heavy (non-hydrogen) atoms. The Labute approximate surface area is 99.9 Å². The van der Waals surface area contributed by atoms with Crippen LogP contribution in [0, 0.1) is 0 Å². The molecule has 0 amide bonds. The van der Waals surface area contributed by atoms with Crippen LogP contribution in [-0.4, -0.2) is 24.0 Å². The number of carbonyl (C=O) groups excluding carboxylic acids is 1. The van der Waals surface area contributed by atoms with E-state index in [1.807, 2.05) is 0 Å². The van der Waals surface area contributed by atoms with Crippen molar-refractivity contribution in [1.29, 1.82) is 0 Å². The summed E-state index contributed by atoms with van der Waals surface area (Å²) < 4.78 is 0. The van der Waals surface area contributed by atoms with Crippen molar-refractivity contribution in [2.45, 2.75) is 65.1 Å². The van der Waals surface area contributed by atoms with Crippen LogP contribution in [0.25, 0.3) is 5.53 Å². The molecule has 0 spiro atoms. The molecule has 0 atom stereocenters. The molecule has 0 unspecified atom stereocenters. The highest BCUT2D eigenvalue weighted by atomic mass is 28.3. The van der Waals surface area contributed by atoms with Crippen LogP contribution in [0.1, 0.15) is 48.5 Å². The Kier molecular flexibility index (Phi) is 5.30. The Balaban J connectivity index is 5.90. The summed E-state index contributed by atoms with van der Waals surface area (Å²) in [5.41, 5.74) is 10.4. The highest BCUT2D eigenvalue weighted by molar-refractivity contribution is 7.15. The molecule has 0 N–H and O–H groups in total.